The van der Waals surface area contributed by atoms with Gasteiger partial charge in [0.1, 0.15) is 17.8 Å². The van der Waals surface area contributed by atoms with Crippen LogP contribution in [0.25, 0.3) is 11.0 Å². The highest BCUT2D eigenvalue weighted by Crippen LogP contribution is 2.24. The van der Waals surface area contributed by atoms with Crippen LogP contribution >= 0.6 is 11.6 Å². The van der Waals surface area contributed by atoms with E-state index in [4.69, 9.17) is 11.6 Å². The van der Waals surface area contributed by atoms with Gasteiger partial charge in [-0.2, -0.15) is 0 Å². The van der Waals surface area contributed by atoms with Crippen molar-refractivity contribution in [2.75, 3.05) is 31.1 Å². The first-order valence-corrected chi connectivity index (χ1v) is 8.18. The van der Waals surface area contributed by atoms with E-state index in [1.807, 2.05) is 30.5 Å². The van der Waals surface area contributed by atoms with Gasteiger partial charge in [0.05, 0.1) is 5.39 Å². The third kappa shape index (κ3) is 2.90. The fourth-order valence-corrected chi connectivity index (χ4v) is 3.29. The zero-order valence-electron chi connectivity index (χ0n) is 12.7. The molecule has 5 nitrogen and oxygen atoms in total. The van der Waals surface area contributed by atoms with Crippen LogP contribution in [0.3, 0.4) is 0 Å². The number of halogens is 1. The van der Waals surface area contributed by atoms with E-state index in [0.29, 0.717) is 0 Å². The fraction of sp³-hybridized carbons (Fsp3) is 0.294. The van der Waals surface area contributed by atoms with Crippen molar-refractivity contribution in [1.82, 2.24) is 19.9 Å². The standard InChI is InChI=1S/C17H18ClN5/c18-15-4-2-1-3-13(15)11-22-7-9-23(10-8-22)17-14-5-6-19-16(14)20-12-21-17/h1-6,12H,7-11H2,(H,19,20,21). The van der Waals surface area contributed by atoms with Crippen molar-refractivity contribution >= 4 is 28.5 Å². The van der Waals surface area contributed by atoms with Gasteiger partial charge >= 0.3 is 0 Å². The summed E-state index contributed by atoms with van der Waals surface area (Å²) in [5, 5.41) is 1.94. The third-order valence-corrected chi connectivity index (χ3v) is 4.73. The first-order valence-electron chi connectivity index (χ1n) is 7.80. The molecule has 4 rings (SSSR count). The fourth-order valence-electron chi connectivity index (χ4n) is 3.10. The van der Waals surface area contributed by atoms with E-state index >= 15 is 0 Å². The molecule has 0 amide bonds. The second kappa shape index (κ2) is 6.18. The minimum absolute atomic E-state index is 0.847. The molecule has 6 heteroatoms. The molecule has 0 unspecified atom stereocenters. The van der Waals surface area contributed by atoms with Gasteiger partial charge in [-0.1, -0.05) is 29.8 Å². The van der Waals surface area contributed by atoms with Crippen LogP contribution in [0.2, 0.25) is 5.02 Å². The normalized spacial score (nSPS) is 16.1. The topological polar surface area (TPSA) is 48.1 Å². The van der Waals surface area contributed by atoms with Gasteiger partial charge in [-0.15, -0.1) is 0 Å². The van der Waals surface area contributed by atoms with E-state index in [1.165, 1.54) is 5.56 Å². The summed E-state index contributed by atoms with van der Waals surface area (Å²) in [6.07, 6.45) is 3.54. The smallest absolute Gasteiger partial charge is 0.142 e. The molecule has 23 heavy (non-hydrogen) atoms. The van der Waals surface area contributed by atoms with Gasteiger partial charge < -0.3 is 9.88 Å². The Labute approximate surface area is 139 Å². The number of H-pyrrole nitrogens is 1. The average molecular weight is 328 g/mol. The number of piperazine rings is 1. The predicted molar refractivity (Wildman–Crippen MR) is 92.8 cm³/mol. The summed E-state index contributed by atoms with van der Waals surface area (Å²) >= 11 is 6.26. The number of aromatic nitrogens is 3. The van der Waals surface area contributed by atoms with Crippen molar-refractivity contribution in [3.8, 4) is 0 Å². The molecule has 1 N–H and O–H groups in total. The van der Waals surface area contributed by atoms with Gasteiger partial charge in [0.15, 0.2) is 0 Å². The second-order valence-electron chi connectivity index (χ2n) is 5.79. The lowest BCUT2D eigenvalue weighted by Gasteiger charge is -2.35. The number of rotatable bonds is 3. The van der Waals surface area contributed by atoms with Crippen molar-refractivity contribution in [2.24, 2.45) is 0 Å². The first kappa shape index (κ1) is 14.5. The molecule has 3 aromatic rings. The van der Waals surface area contributed by atoms with Gasteiger partial charge in [0.2, 0.25) is 0 Å². The lowest BCUT2D eigenvalue weighted by Crippen LogP contribution is -2.46. The van der Waals surface area contributed by atoms with Gasteiger partial charge in [0.25, 0.3) is 0 Å². The predicted octanol–water partition coefficient (Wildman–Crippen LogP) is 2.93. The van der Waals surface area contributed by atoms with Crippen molar-refractivity contribution in [3.63, 3.8) is 0 Å². The molecule has 0 radical (unpaired) electrons. The SMILES string of the molecule is Clc1ccccc1CN1CCN(c2ncnc3[nH]ccc23)CC1. The number of hydrogen-bond donors (Lipinski definition) is 1. The molecule has 1 aliphatic heterocycles. The van der Waals surface area contributed by atoms with Crippen molar-refractivity contribution in [3.05, 3.63) is 53.4 Å². The summed E-state index contributed by atoms with van der Waals surface area (Å²) in [6, 6.07) is 10.1. The number of aromatic amines is 1. The molecule has 1 saturated heterocycles. The summed E-state index contributed by atoms with van der Waals surface area (Å²) < 4.78 is 0. The number of fused-ring (bicyclic) bond motifs is 1. The summed E-state index contributed by atoms with van der Waals surface area (Å²) in [5.74, 6) is 1.02. The van der Waals surface area contributed by atoms with Crippen LogP contribution in [-0.2, 0) is 6.54 Å². The summed E-state index contributed by atoms with van der Waals surface area (Å²) in [7, 11) is 0. The lowest BCUT2D eigenvalue weighted by molar-refractivity contribution is 0.249. The Hall–Kier alpha value is -2.11. The average Bonchev–Trinajstić information content (AvgIpc) is 3.06. The maximum absolute atomic E-state index is 6.26. The summed E-state index contributed by atoms with van der Waals surface area (Å²) in [6.45, 7) is 4.82. The Balaban J connectivity index is 1.45. The van der Waals surface area contributed by atoms with Gasteiger partial charge in [-0.3, -0.25) is 4.90 Å². The Morgan fingerprint density at radius 2 is 1.87 bits per heavy atom. The summed E-state index contributed by atoms with van der Waals surface area (Å²) in [5.41, 5.74) is 2.09. The molecule has 2 aromatic heterocycles. The van der Waals surface area contributed by atoms with E-state index in [-0.39, 0.29) is 0 Å². The van der Waals surface area contributed by atoms with E-state index in [2.05, 4.69) is 30.8 Å². The zero-order chi connectivity index (χ0) is 15.6. The van der Waals surface area contributed by atoms with Crippen LogP contribution in [0, 0.1) is 0 Å². The molecule has 1 fully saturated rings. The molecule has 3 heterocycles. The molecule has 0 aliphatic carbocycles. The largest absolute Gasteiger partial charge is 0.353 e. The number of hydrogen-bond acceptors (Lipinski definition) is 4. The minimum Gasteiger partial charge on any atom is -0.353 e. The van der Waals surface area contributed by atoms with E-state index < -0.39 is 0 Å². The van der Waals surface area contributed by atoms with Crippen LogP contribution in [-0.4, -0.2) is 46.0 Å². The minimum atomic E-state index is 0.847. The van der Waals surface area contributed by atoms with Crippen LogP contribution in [0.1, 0.15) is 5.56 Å². The van der Waals surface area contributed by atoms with Crippen LogP contribution in [0.15, 0.2) is 42.9 Å². The highest BCUT2D eigenvalue weighted by Gasteiger charge is 2.20. The molecule has 0 bridgehead atoms. The number of nitrogens with zero attached hydrogens (tertiary/aromatic N) is 4. The van der Waals surface area contributed by atoms with Gasteiger partial charge in [0, 0.05) is 43.9 Å². The first-order chi connectivity index (χ1) is 11.3. The maximum Gasteiger partial charge on any atom is 0.142 e. The monoisotopic (exact) mass is 327 g/mol. The molecule has 1 aromatic carbocycles. The lowest BCUT2D eigenvalue weighted by atomic mass is 10.2. The summed E-state index contributed by atoms with van der Waals surface area (Å²) in [4.78, 5) is 16.7. The molecule has 0 spiro atoms. The second-order valence-corrected chi connectivity index (χ2v) is 6.20. The highest BCUT2D eigenvalue weighted by molar-refractivity contribution is 6.31. The third-order valence-electron chi connectivity index (χ3n) is 4.36. The highest BCUT2D eigenvalue weighted by atomic mass is 35.5. The molecule has 1 aliphatic rings. The van der Waals surface area contributed by atoms with Crippen LogP contribution < -0.4 is 4.90 Å². The zero-order valence-corrected chi connectivity index (χ0v) is 13.5. The van der Waals surface area contributed by atoms with Crippen LogP contribution in [0.4, 0.5) is 5.82 Å². The molecule has 118 valence electrons. The van der Waals surface area contributed by atoms with Crippen molar-refractivity contribution in [2.45, 2.75) is 6.54 Å². The Morgan fingerprint density at radius 1 is 1.04 bits per heavy atom. The van der Waals surface area contributed by atoms with E-state index in [1.54, 1.807) is 6.33 Å². The van der Waals surface area contributed by atoms with E-state index in [0.717, 1.165) is 54.6 Å². The molecular weight excluding hydrogens is 310 g/mol. The quantitative estimate of drug-likeness (QED) is 0.803. The van der Waals surface area contributed by atoms with Crippen LogP contribution in [0.5, 0.6) is 0 Å². The van der Waals surface area contributed by atoms with Crippen molar-refractivity contribution in [1.29, 1.82) is 0 Å². The van der Waals surface area contributed by atoms with Crippen molar-refractivity contribution < 1.29 is 0 Å². The Kier molecular flexibility index (Phi) is 3.89. The Bertz CT molecular complexity index is 807. The molecule has 0 saturated carbocycles. The maximum atomic E-state index is 6.26. The van der Waals surface area contributed by atoms with Gasteiger partial charge in [-0.25, -0.2) is 9.97 Å². The van der Waals surface area contributed by atoms with E-state index in [9.17, 15) is 0 Å². The molecule has 0 atom stereocenters. The number of nitrogens with one attached hydrogen (secondary N) is 1. The number of benzene rings is 1. The van der Waals surface area contributed by atoms with Gasteiger partial charge in [-0.05, 0) is 17.7 Å². The molecular formula is C17H18ClN5. The Morgan fingerprint density at radius 3 is 2.70 bits per heavy atom. The number of anilines is 1.